The van der Waals surface area contributed by atoms with E-state index >= 15 is 0 Å². The molecule has 1 aromatic rings. The minimum Gasteiger partial charge on any atom is -0.492 e. The van der Waals surface area contributed by atoms with Crippen molar-refractivity contribution in [1.29, 1.82) is 0 Å². The van der Waals surface area contributed by atoms with Gasteiger partial charge in [-0.15, -0.1) is 0 Å². The first-order valence-corrected chi connectivity index (χ1v) is 8.10. The zero-order chi connectivity index (χ0) is 14.9. The molecule has 0 aromatic heterocycles. The molecule has 3 N–H and O–H groups in total. The van der Waals surface area contributed by atoms with Gasteiger partial charge in [0.1, 0.15) is 12.4 Å². The average Bonchev–Trinajstić information content (AvgIpc) is 2.51. The van der Waals surface area contributed by atoms with Crippen molar-refractivity contribution in [3.05, 3.63) is 29.8 Å². The summed E-state index contributed by atoms with van der Waals surface area (Å²) < 4.78 is 5.83. The first kappa shape index (κ1) is 16.3. The predicted molar refractivity (Wildman–Crippen MR) is 85.6 cm³/mol. The monoisotopic (exact) mass is 292 g/mol. The maximum Gasteiger partial charge on any atom is 0.119 e. The number of hydrogen-bond acceptors (Lipinski definition) is 4. The highest BCUT2D eigenvalue weighted by molar-refractivity contribution is 5.27. The Morgan fingerprint density at radius 3 is 2.76 bits per heavy atom. The van der Waals surface area contributed by atoms with Crippen LogP contribution in [-0.2, 0) is 6.42 Å². The Morgan fingerprint density at radius 2 is 2.05 bits per heavy atom. The molecule has 0 saturated carbocycles. The minimum atomic E-state index is 0.282. The summed E-state index contributed by atoms with van der Waals surface area (Å²) in [6.45, 7) is 3.74. The first-order valence-electron chi connectivity index (χ1n) is 8.10. The third kappa shape index (κ3) is 5.30. The minimum absolute atomic E-state index is 0.282. The Kier molecular flexibility index (Phi) is 7.00. The molecule has 2 rings (SSSR count). The standard InChI is InChI=1S/C17H28N2O2/c18-10-8-15-4-6-17(7-5-15)21-14-12-19-11-2-1-3-16(19)9-13-20/h4-7,16,20H,1-3,8-14,18H2. The van der Waals surface area contributed by atoms with E-state index in [0.29, 0.717) is 19.2 Å². The molecular formula is C17H28N2O2. The predicted octanol–water partition coefficient (Wildman–Crippen LogP) is 1.80. The summed E-state index contributed by atoms with van der Waals surface area (Å²) in [7, 11) is 0. The maximum absolute atomic E-state index is 9.14. The van der Waals surface area contributed by atoms with Crippen LogP contribution in [0, 0.1) is 0 Å². The van der Waals surface area contributed by atoms with Crippen molar-refractivity contribution < 1.29 is 9.84 Å². The van der Waals surface area contributed by atoms with Crippen LogP contribution in [-0.4, -0.2) is 48.9 Å². The number of rotatable bonds is 8. The molecule has 0 amide bonds. The van der Waals surface area contributed by atoms with Crippen LogP contribution in [0.3, 0.4) is 0 Å². The highest BCUT2D eigenvalue weighted by Gasteiger charge is 2.21. The lowest BCUT2D eigenvalue weighted by atomic mass is 10.00. The van der Waals surface area contributed by atoms with Crippen molar-refractivity contribution in [3.8, 4) is 5.75 Å². The SMILES string of the molecule is NCCc1ccc(OCCN2CCCCC2CCO)cc1. The molecule has 0 radical (unpaired) electrons. The van der Waals surface area contributed by atoms with E-state index in [-0.39, 0.29) is 6.61 Å². The highest BCUT2D eigenvalue weighted by Crippen LogP contribution is 2.19. The van der Waals surface area contributed by atoms with E-state index in [1.54, 1.807) is 0 Å². The van der Waals surface area contributed by atoms with Gasteiger partial charge < -0.3 is 15.6 Å². The molecule has 1 heterocycles. The Labute approximate surface area is 127 Å². The molecule has 0 bridgehead atoms. The summed E-state index contributed by atoms with van der Waals surface area (Å²) in [4.78, 5) is 2.46. The molecule has 1 aliphatic heterocycles. The Morgan fingerprint density at radius 1 is 1.24 bits per heavy atom. The summed E-state index contributed by atoms with van der Waals surface area (Å²) >= 11 is 0. The fraction of sp³-hybridized carbons (Fsp3) is 0.647. The zero-order valence-electron chi connectivity index (χ0n) is 12.8. The van der Waals surface area contributed by atoms with Crippen LogP contribution in [0.4, 0.5) is 0 Å². The number of aliphatic hydroxyl groups excluding tert-OH is 1. The van der Waals surface area contributed by atoms with E-state index in [0.717, 1.165) is 31.7 Å². The zero-order valence-corrected chi connectivity index (χ0v) is 12.8. The molecule has 0 spiro atoms. The Balaban J connectivity index is 1.74. The van der Waals surface area contributed by atoms with E-state index in [1.165, 1.54) is 24.8 Å². The number of ether oxygens (including phenoxy) is 1. The molecule has 4 nitrogen and oxygen atoms in total. The van der Waals surface area contributed by atoms with Gasteiger partial charge in [0, 0.05) is 19.2 Å². The van der Waals surface area contributed by atoms with Gasteiger partial charge in [-0.1, -0.05) is 18.6 Å². The number of nitrogens with zero attached hydrogens (tertiary/aromatic N) is 1. The van der Waals surface area contributed by atoms with Crippen molar-refractivity contribution >= 4 is 0 Å². The molecule has 1 atom stereocenters. The lowest BCUT2D eigenvalue weighted by Gasteiger charge is -2.35. The topological polar surface area (TPSA) is 58.7 Å². The first-order chi connectivity index (χ1) is 10.3. The Bertz CT molecular complexity index is 392. The Hall–Kier alpha value is -1.10. The van der Waals surface area contributed by atoms with Gasteiger partial charge >= 0.3 is 0 Å². The molecule has 1 fully saturated rings. The average molecular weight is 292 g/mol. The van der Waals surface area contributed by atoms with Crippen LogP contribution in [0.25, 0.3) is 0 Å². The van der Waals surface area contributed by atoms with Gasteiger partial charge in [0.05, 0.1) is 0 Å². The summed E-state index contributed by atoms with van der Waals surface area (Å²) in [5.74, 6) is 0.923. The van der Waals surface area contributed by atoms with Crippen molar-refractivity contribution in [2.24, 2.45) is 5.73 Å². The van der Waals surface area contributed by atoms with E-state index in [4.69, 9.17) is 15.6 Å². The van der Waals surface area contributed by atoms with Gasteiger partial charge in [0.2, 0.25) is 0 Å². The molecule has 1 saturated heterocycles. The summed E-state index contributed by atoms with van der Waals surface area (Å²) in [5, 5.41) is 9.14. The molecule has 0 aliphatic carbocycles. The van der Waals surface area contributed by atoms with Gasteiger partial charge in [-0.25, -0.2) is 0 Å². The van der Waals surface area contributed by atoms with E-state index < -0.39 is 0 Å². The molecule has 21 heavy (non-hydrogen) atoms. The molecule has 1 unspecified atom stereocenters. The maximum atomic E-state index is 9.14. The lowest BCUT2D eigenvalue weighted by molar-refractivity contribution is 0.102. The van der Waals surface area contributed by atoms with E-state index in [2.05, 4.69) is 17.0 Å². The molecule has 118 valence electrons. The quantitative estimate of drug-likeness (QED) is 0.767. The van der Waals surface area contributed by atoms with E-state index in [1.807, 2.05) is 12.1 Å². The number of piperidine rings is 1. The second kappa shape index (κ2) is 9.03. The van der Waals surface area contributed by atoms with Crippen LogP contribution >= 0.6 is 0 Å². The molecular weight excluding hydrogens is 264 g/mol. The fourth-order valence-corrected chi connectivity index (χ4v) is 3.03. The van der Waals surface area contributed by atoms with Gasteiger partial charge in [0.15, 0.2) is 0 Å². The summed E-state index contributed by atoms with van der Waals surface area (Å²) in [6, 6.07) is 8.73. The van der Waals surface area contributed by atoms with Gasteiger partial charge in [0.25, 0.3) is 0 Å². The van der Waals surface area contributed by atoms with Crippen LogP contribution in [0.5, 0.6) is 5.75 Å². The summed E-state index contributed by atoms with van der Waals surface area (Å²) in [5.41, 5.74) is 6.80. The number of hydrogen-bond donors (Lipinski definition) is 2. The van der Waals surface area contributed by atoms with Crippen molar-refractivity contribution in [2.75, 3.05) is 32.8 Å². The molecule has 4 heteroatoms. The lowest BCUT2D eigenvalue weighted by Crippen LogP contribution is -2.42. The number of likely N-dealkylation sites (tertiary alicyclic amines) is 1. The second-order valence-electron chi connectivity index (χ2n) is 5.73. The fourth-order valence-electron chi connectivity index (χ4n) is 3.03. The third-order valence-electron chi connectivity index (χ3n) is 4.21. The molecule has 1 aliphatic rings. The number of nitrogens with two attached hydrogens (primary N) is 1. The van der Waals surface area contributed by atoms with Gasteiger partial charge in [-0.3, -0.25) is 4.90 Å². The van der Waals surface area contributed by atoms with Crippen LogP contribution in [0.2, 0.25) is 0 Å². The van der Waals surface area contributed by atoms with Crippen LogP contribution in [0.1, 0.15) is 31.2 Å². The summed E-state index contributed by atoms with van der Waals surface area (Å²) in [6.07, 6.45) is 5.54. The number of aliphatic hydroxyl groups is 1. The van der Waals surface area contributed by atoms with E-state index in [9.17, 15) is 0 Å². The van der Waals surface area contributed by atoms with Gasteiger partial charge in [-0.2, -0.15) is 0 Å². The van der Waals surface area contributed by atoms with Crippen molar-refractivity contribution in [1.82, 2.24) is 4.90 Å². The normalized spacial score (nSPS) is 19.6. The number of benzene rings is 1. The van der Waals surface area contributed by atoms with Crippen LogP contribution < -0.4 is 10.5 Å². The smallest absolute Gasteiger partial charge is 0.119 e. The highest BCUT2D eigenvalue weighted by atomic mass is 16.5. The molecule has 1 aromatic carbocycles. The second-order valence-corrected chi connectivity index (χ2v) is 5.73. The van der Waals surface area contributed by atoms with Crippen molar-refractivity contribution in [2.45, 2.75) is 38.1 Å². The van der Waals surface area contributed by atoms with Crippen LogP contribution in [0.15, 0.2) is 24.3 Å². The van der Waals surface area contributed by atoms with Crippen molar-refractivity contribution in [3.63, 3.8) is 0 Å². The largest absolute Gasteiger partial charge is 0.492 e. The third-order valence-corrected chi connectivity index (χ3v) is 4.21. The van der Waals surface area contributed by atoms with Gasteiger partial charge in [-0.05, 0) is 56.5 Å².